The first-order valence-electron chi connectivity index (χ1n) is 8.13. The summed E-state index contributed by atoms with van der Waals surface area (Å²) < 4.78 is 5.65. The van der Waals surface area contributed by atoms with Gasteiger partial charge in [-0.2, -0.15) is 0 Å². The zero-order valence-electron chi connectivity index (χ0n) is 12.3. The van der Waals surface area contributed by atoms with Crippen LogP contribution in [-0.4, -0.2) is 73.9 Å². The number of hydrogen-bond acceptors (Lipinski definition) is 4. The molecule has 4 heteroatoms. The van der Waals surface area contributed by atoms with E-state index in [1.807, 2.05) is 0 Å². The predicted molar refractivity (Wildman–Crippen MR) is 77.5 cm³/mol. The molecule has 3 fully saturated rings. The number of nitrogens with zero attached hydrogens (tertiary/aromatic N) is 2. The maximum Gasteiger partial charge on any atom is 0.0700 e. The molecule has 1 N–H and O–H groups in total. The second-order valence-electron chi connectivity index (χ2n) is 6.47. The number of fused-ring (bicyclic) bond motifs is 1. The maximum absolute atomic E-state index is 5.65. The highest BCUT2D eigenvalue weighted by Gasteiger charge is 2.32. The van der Waals surface area contributed by atoms with Crippen LogP contribution in [0.25, 0.3) is 0 Å². The second kappa shape index (κ2) is 6.53. The van der Waals surface area contributed by atoms with E-state index in [0.717, 1.165) is 25.7 Å². The number of nitrogens with one attached hydrogen (secondary N) is 1. The molecule has 3 saturated heterocycles. The molecular formula is C15H29N3O. The SMILES string of the molecule is CC(CNCC1CCCO1)N1CCN2CCCC2C1. The fourth-order valence-corrected chi connectivity index (χ4v) is 3.80. The van der Waals surface area contributed by atoms with Crippen molar-refractivity contribution in [2.45, 2.75) is 50.8 Å². The first-order chi connectivity index (χ1) is 9.33. The van der Waals surface area contributed by atoms with Gasteiger partial charge in [-0.25, -0.2) is 0 Å². The minimum Gasteiger partial charge on any atom is -0.377 e. The van der Waals surface area contributed by atoms with Crippen LogP contribution in [-0.2, 0) is 4.74 Å². The summed E-state index contributed by atoms with van der Waals surface area (Å²) in [6, 6.07) is 1.50. The van der Waals surface area contributed by atoms with Gasteiger partial charge in [-0.3, -0.25) is 9.80 Å². The summed E-state index contributed by atoms with van der Waals surface area (Å²) in [5.74, 6) is 0. The third-order valence-corrected chi connectivity index (χ3v) is 5.08. The van der Waals surface area contributed by atoms with E-state index >= 15 is 0 Å². The predicted octanol–water partition coefficient (Wildman–Crippen LogP) is 0.924. The van der Waals surface area contributed by atoms with E-state index in [4.69, 9.17) is 4.74 Å². The van der Waals surface area contributed by atoms with Gasteiger partial charge in [-0.05, 0) is 39.2 Å². The molecule has 0 spiro atoms. The van der Waals surface area contributed by atoms with E-state index in [1.165, 1.54) is 51.9 Å². The Labute approximate surface area is 117 Å². The fourth-order valence-electron chi connectivity index (χ4n) is 3.80. The van der Waals surface area contributed by atoms with Crippen molar-refractivity contribution >= 4 is 0 Å². The van der Waals surface area contributed by atoms with Crippen molar-refractivity contribution in [2.24, 2.45) is 0 Å². The van der Waals surface area contributed by atoms with Gasteiger partial charge in [0.15, 0.2) is 0 Å². The molecule has 3 aliphatic rings. The largest absolute Gasteiger partial charge is 0.377 e. The highest BCUT2D eigenvalue weighted by atomic mass is 16.5. The van der Waals surface area contributed by atoms with Crippen LogP contribution in [0.1, 0.15) is 32.6 Å². The van der Waals surface area contributed by atoms with Gasteiger partial charge in [0.25, 0.3) is 0 Å². The van der Waals surface area contributed by atoms with Gasteiger partial charge in [0.05, 0.1) is 6.10 Å². The monoisotopic (exact) mass is 267 g/mol. The van der Waals surface area contributed by atoms with Crippen molar-refractivity contribution < 1.29 is 4.74 Å². The Bertz CT molecular complexity index is 281. The Morgan fingerprint density at radius 3 is 3.00 bits per heavy atom. The van der Waals surface area contributed by atoms with Crippen LogP contribution in [0.15, 0.2) is 0 Å². The van der Waals surface area contributed by atoms with Crippen LogP contribution in [0, 0.1) is 0 Å². The third kappa shape index (κ3) is 3.48. The molecule has 19 heavy (non-hydrogen) atoms. The average Bonchev–Trinajstić information content (AvgIpc) is 3.08. The molecule has 0 aromatic heterocycles. The number of hydrogen-bond donors (Lipinski definition) is 1. The van der Waals surface area contributed by atoms with Crippen molar-refractivity contribution in [3.8, 4) is 0 Å². The van der Waals surface area contributed by atoms with Gasteiger partial charge >= 0.3 is 0 Å². The molecule has 0 aromatic carbocycles. The lowest BCUT2D eigenvalue weighted by Crippen LogP contribution is -2.54. The summed E-state index contributed by atoms with van der Waals surface area (Å²) in [7, 11) is 0. The lowest BCUT2D eigenvalue weighted by atomic mass is 10.1. The van der Waals surface area contributed by atoms with Gasteiger partial charge in [0, 0.05) is 51.4 Å². The van der Waals surface area contributed by atoms with Gasteiger partial charge in [-0.15, -0.1) is 0 Å². The Balaban J connectivity index is 1.36. The van der Waals surface area contributed by atoms with Crippen molar-refractivity contribution in [2.75, 3.05) is 45.9 Å². The molecule has 0 saturated carbocycles. The first-order valence-corrected chi connectivity index (χ1v) is 8.13. The van der Waals surface area contributed by atoms with Crippen molar-refractivity contribution in [1.82, 2.24) is 15.1 Å². The molecule has 4 nitrogen and oxygen atoms in total. The molecule has 3 heterocycles. The number of ether oxygens (including phenoxy) is 1. The van der Waals surface area contributed by atoms with E-state index in [2.05, 4.69) is 22.0 Å². The molecule has 3 unspecified atom stereocenters. The quantitative estimate of drug-likeness (QED) is 0.802. The highest BCUT2D eigenvalue weighted by Crippen LogP contribution is 2.22. The van der Waals surface area contributed by atoms with E-state index in [-0.39, 0.29) is 0 Å². The normalized spacial score (nSPS) is 34.6. The molecule has 0 radical (unpaired) electrons. The van der Waals surface area contributed by atoms with E-state index in [0.29, 0.717) is 12.1 Å². The maximum atomic E-state index is 5.65. The summed E-state index contributed by atoms with van der Waals surface area (Å²) in [6.45, 7) is 10.6. The summed E-state index contributed by atoms with van der Waals surface area (Å²) in [4.78, 5) is 5.36. The van der Waals surface area contributed by atoms with Crippen LogP contribution in [0.5, 0.6) is 0 Å². The summed E-state index contributed by atoms with van der Waals surface area (Å²) in [5, 5.41) is 3.60. The first kappa shape index (κ1) is 13.8. The van der Waals surface area contributed by atoms with Gasteiger partial charge in [0.2, 0.25) is 0 Å². The van der Waals surface area contributed by atoms with Gasteiger partial charge < -0.3 is 10.1 Å². The Morgan fingerprint density at radius 2 is 2.16 bits per heavy atom. The van der Waals surface area contributed by atoms with Crippen LogP contribution >= 0.6 is 0 Å². The van der Waals surface area contributed by atoms with Gasteiger partial charge in [-0.1, -0.05) is 0 Å². The smallest absolute Gasteiger partial charge is 0.0700 e. The van der Waals surface area contributed by atoms with E-state index in [1.54, 1.807) is 0 Å². The van der Waals surface area contributed by atoms with E-state index in [9.17, 15) is 0 Å². The van der Waals surface area contributed by atoms with E-state index < -0.39 is 0 Å². The Kier molecular flexibility index (Phi) is 4.74. The van der Waals surface area contributed by atoms with Crippen molar-refractivity contribution in [3.05, 3.63) is 0 Å². The lowest BCUT2D eigenvalue weighted by Gasteiger charge is -2.40. The summed E-state index contributed by atoms with van der Waals surface area (Å²) in [5.41, 5.74) is 0. The lowest BCUT2D eigenvalue weighted by molar-refractivity contribution is 0.0728. The van der Waals surface area contributed by atoms with Crippen molar-refractivity contribution in [1.29, 1.82) is 0 Å². The minimum absolute atomic E-state index is 0.471. The topological polar surface area (TPSA) is 27.7 Å². The molecule has 0 aromatic rings. The molecule has 110 valence electrons. The molecule has 0 amide bonds. The summed E-state index contributed by atoms with van der Waals surface area (Å²) >= 11 is 0. The van der Waals surface area contributed by atoms with Crippen molar-refractivity contribution in [3.63, 3.8) is 0 Å². The zero-order chi connectivity index (χ0) is 13.1. The van der Waals surface area contributed by atoms with Crippen LogP contribution in [0.3, 0.4) is 0 Å². The molecule has 3 rings (SSSR count). The Hall–Kier alpha value is -0.160. The molecule has 0 aliphatic carbocycles. The van der Waals surface area contributed by atoms with Crippen LogP contribution < -0.4 is 5.32 Å². The Morgan fingerprint density at radius 1 is 1.21 bits per heavy atom. The number of rotatable bonds is 5. The summed E-state index contributed by atoms with van der Waals surface area (Å²) in [6.07, 6.45) is 5.77. The molecule has 0 bridgehead atoms. The average molecular weight is 267 g/mol. The third-order valence-electron chi connectivity index (χ3n) is 5.08. The molecular weight excluding hydrogens is 238 g/mol. The second-order valence-corrected chi connectivity index (χ2v) is 6.47. The standard InChI is InChI=1S/C15H29N3O/c1-13(10-16-11-15-5-3-9-19-15)18-8-7-17-6-2-4-14(17)12-18/h13-16H,2-12H2,1H3. The zero-order valence-corrected chi connectivity index (χ0v) is 12.3. The molecule has 3 aliphatic heterocycles. The molecule has 3 atom stereocenters. The van der Waals surface area contributed by atoms with Crippen LogP contribution in [0.2, 0.25) is 0 Å². The highest BCUT2D eigenvalue weighted by molar-refractivity contribution is 4.89. The fraction of sp³-hybridized carbons (Fsp3) is 1.00. The van der Waals surface area contributed by atoms with Crippen LogP contribution in [0.4, 0.5) is 0 Å². The minimum atomic E-state index is 0.471. The van der Waals surface area contributed by atoms with Gasteiger partial charge in [0.1, 0.15) is 0 Å². The number of piperazine rings is 1.